The van der Waals surface area contributed by atoms with Crippen LogP contribution in [0.5, 0.6) is 5.75 Å². The third kappa shape index (κ3) is 3.52. The molecule has 3 nitrogen and oxygen atoms in total. The molecule has 1 aromatic heterocycles. The monoisotopic (exact) mass is 398 g/mol. The molecule has 0 amide bonds. The van der Waals surface area contributed by atoms with Gasteiger partial charge in [0.05, 0.1) is 17.4 Å². The van der Waals surface area contributed by atoms with E-state index in [1.165, 1.54) is 0 Å². The molecule has 5 heteroatoms. The van der Waals surface area contributed by atoms with Gasteiger partial charge in [0.15, 0.2) is 0 Å². The topological polar surface area (TPSA) is 45.2 Å². The minimum absolute atomic E-state index is 0.0363. The first-order valence-corrected chi connectivity index (χ1v) is 7.98. The third-order valence-electron chi connectivity index (χ3n) is 3.15. The predicted octanol–water partition coefficient (Wildman–Crippen LogP) is 5.18. The van der Waals surface area contributed by atoms with Gasteiger partial charge in [0.2, 0.25) is 0 Å². The van der Waals surface area contributed by atoms with Gasteiger partial charge in [-0.3, -0.25) is 0 Å². The lowest BCUT2D eigenvalue weighted by molar-refractivity contribution is 0.462. The molecule has 0 saturated heterocycles. The molecule has 1 aromatic carbocycles. The highest BCUT2D eigenvalue weighted by Crippen LogP contribution is 2.32. The van der Waals surface area contributed by atoms with Crippen molar-refractivity contribution in [3.63, 3.8) is 0 Å². The summed E-state index contributed by atoms with van der Waals surface area (Å²) in [5, 5.41) is 13.5. The number of benzene rings is 1. The zero-order chi connectivity index (χ0) is 14.7. The van der Waals surface area contributed by atoms with Crippen molar-refractivity contribution in [1.82, 2.24) is 4.98 Å². The van der Waals surface area contributed by atoms with E-state index in [4.69, 9.17) is 0 Å². The van der Waals surface area contributed by atoms with E-state index in [-0.39, 0.29) is 6.04 Å². The van der Waals surface area contributed by atoms with Gasteiger partial charge in [0.1, 0.15) is 10.4 Å². The standard InChI is InChI=1S/C15H16Br2N2O/c1-3-12(11-8-10(16)4-6-14(11)20)19-13-5-7-15(17)18-9(13)2/h4-8,12,19-20H,3H2,1-2H3. The molecule has 2 rings (SSSR count). The van der Waals surface area contributed by atoms with Gasteiger partial charge in [-0.25, -0.2) is 4.98 Å². The van der Waals surface area contributed by atoms with Crippen LogP contribution < -0.4 is 5.32 Å². The molecule has 1 atom stereocenters. The van der Waals surface area contributed by atoms with Crippen LogP contribution in [-0.4, -0.2) is 10.1 Å². The molecule has 0 bridgehead atoms. The number of hydrogen-bond donors (Lipinski definition) is 2. The predicted molar refractivity (Wildman–Crippen MR) is 89.1 cm³/mol. The molecule has 1 heterocycles. The summed E-state index contributed by atoms with van der Waals surface area (Å²) in [5.41, 5.74) is 2.77. The molecular weight excluding hydrogens is 384 g/mol. The Kier molecular flexibility index (Phi) is 5.05. The minimum Gasteiger partial charge on any atom is -0.508 e. The van der Waals surface area contributed by atoms with Crippen LogP contribution >= 0.6 is 31.9 Å². The number of aromatic hydroxyl groups is 1. The smallest absolute Gasteiger partial charge is 0.120 e. The second-order valence-electron chi connectivity index (χ2n) is 4.58. The first-order chi connectivity index (χ1) is 9.51. The van der Waals surface area contributed by atoms with Gasteiger partial charge >= 0.3 is 0 Å². The Morgan fingerprint density at radius 1 is 1.25 bits per heavy atom. The third-order valence-corrected chi connectivity index (χ3v) is 4.09. The van der Waals surface area contributed by atoms with E-state index >= 15 is 0 Å². The number of hydrogen-bond acceptors (Lipinski definition) is 3. The molecular formula is C15H16Br2N2O. The second-order valence-corrected chi connectivity index (χ2v) is 6.30. The van der Waals surface area contributed by atoms with Gasteiger partial charge in [-0.05, 0) is 59.6 Å². The number of anilines is 1. The van der Waals surface area contributed by atoms with Crippen LogP contribution in [0.1, 0.15) is 30.6 Å². The molecule has 2 N–H and O–H groups in total. The molecule has 0 radical (unpaired) electrons. The van der Waals surface area contributed by atoms with E-state index in [2.05, 4.69) is 49.1 Å². The van der Waals surface area contributed by atoms with Crippen molar-refractivity contribution in [3.05, 3.63) is 50.7 Å². The summed E-state index contributed by atoms with van der Waals surface area (Å²) in [6.07, 6.45) is 0.861. The van der Waals surface area contributed by atoms with Crippen LogP contribution in [0.15, 0.2) is 39.4 Å². The summed E-state index contributed by atoms with van der Waals surface area (Å²) in [7, 11) is 0. The average Bonchev–Trinajstić information content (AvgIpc) is 2.41. The van der Waals surface area contributed by atoms with E-state index in [0.717, 1.165) is 32.4 Å². The Balaban J connectivity index is 2.31. The number of phenolic OH excluding ortho intramolecular Hbond substituents is 1. The van der Waals surface area contributed by atoms with Crippen LogP contribution in [0.3, 0.4) is 0 Å². The lowest BCUT2D eigenvalue weighted by atomic mass is 10.0. The van der Waals surface area contributed by atoms with E-state index in [9.17, 15) is 5.11 Å². The fraction of sp³-hybridized carbons (Fsp3) is 0.267. The van der Waals surface area contributed by atoms with Crippen molar-refractivity contribution >= 4 is 37.5 Å². The van der Waals surface area contributed by atoms with Crippen molar-refractivity contribution in [1.29, 1.82) is 0 Å². The number of aromatic nitrogens is 1. The van der Waals surface area contributed by atoms with Crippen LogP contribution in [0.4, 0.5) is 5.69 Å². The molecule has 0 spiro atoms. The van der Waals surface area contributed by atoms with Gasteiger partial charge in [0.25, 0.3) is 0 Å². The molecule has 0 aliphatic rings. The maximum Gasteiger partial charge on any atom is 0.120 e. The average molecular weight is 400 g/mol. The van der Waals surface area contributed by atoms with Crippen LogP contribution in [-0.2, 0) is 0 Å². The van der Waals surface area contributed by atoms with Crippen molar-refractivity contribution in [2.24, 2.45) is 0 Å². The summed E-state index contributed by atoms with van der Waals surface area (Å²) in [6, 6.07) is 9.41. The zero-order valence-electron chi connectivity index (χ0n) is 11.3. The number of pyridine rings is 1. The summed E-state index contributed by atoms with van der Waals surface area (Å²) in [4.78, 5) is 4.38. The van der Waals surface area contributed by atoms with Crippen molar-refractivity contribution in [2.45, 2.75) is 26.3 Å². The van der Waals surface area contributed by atoms with E-state index < -0.39 is 0 Å². The van der Waals surface area contributed by atoms with E-state index in [1.807, 2.05) is 31.2 Å². The number of nitrogens with zero attached hydrogens (tertiary/aromatic N) is 1. The highest BCUT2D eigenvalue weighted by molar-refractivity contribution is 9.10. The molecule has 20 heavy (non-hydrogen) atoms. The Bertz CT molecular complexity index is 617. The molecule has 0 fully saturated rings. The van der Waals surface area contributed by atoms with Gasteiger partial charge in [0, 0.05) is 10.0 Å². The zero-order valence-corrected chi connectivity index (χ0v) is 14.5. The van der Waals surface area contributed by atoms with Gasteiger partial charge in [-0.15, -0.1) is 0 Å². The lowest BCUT2D eigenvalue weighted by Gasteiger charge is -2.21. The number of rotatable bonds is 4. The van der Waals surface area contributed by atoms with Crippen molar-refractivity contribution in [3.8, 4) is 5.75 Å². The lowest BCUT2D eigenvalue weighted by Crippen LogP contribution is -2.11. The summed E-state index contributed by atoms with van der Waals surface area (Å²) in [5.74, 6) is 0.301. The van der Waals surface area contributed by atoms with Crippen LogP contribution in [0, 0.1) is 6.92 Å². The Morgan fingerprint density at radius 2 is 2.00 bits per heavy atom. The number of phenols is 1. The van der Waals surface area contributed by atoms with Crippen LogP contribution in [0.2, 0.25) is 0 Å². The van der Waals surface area contributed by atoms with Crippen molar-refractivity contribution in [2.75, 3.05) is 5.32 Å². The molecule has 2 aromatic rings. The minimum atomic E-state index is 0.0363. The first kappa shape index (κ1) is 15.3. The van der Waals surface area contributed by atoms with E-state index in [1.54, 1.807) is 6.07 Å². The fourth-order valence-corrected chi connectivity index (χ4v) is 2.85. The Hall–Kier alpha value is -1.07. The summed E-state index contributed by atoms with van der Waals surface area (Å²) < 4.78 is 1.77. The number of nitrogens with one attached hydrogen (secondary N) is 1. The quantitative estimate of drug-likeness (QED) is 0.695. The Labute approximate surface area is 135 Å². The first-order valence-electron chi connectivity index (χ1n) is 6.39. The van der Waals surface area contributed by atoms with E-state index in [0.29, 0.717) is 5.75 Å². The van der Waals surface area contributed by atoms with Gasteiger partial charge in [-0.1, -0.05) is 22.9 Å². The number of aryl methyl sites for hydroxylation is 1. The maximum atomic E-state index is 10.0. The maximum absolute atomic E-state index is 10.0. The summed E-state index contributed by atoms with van der Waals surface area (Å²) in [6.45, 7) is 4.04. The second kappa shape index (κ2) is 6.59. The Morgan fingerprint density at radius 3 is 2.65 bits per heavy atom. The van der Waals surface area contributed by atoms with Crippen LogP contribution in [0.25, 0.3) is 0 Å². The molecule has 106 valence electrons. The van der Waals surface area contributed by atoms with Crippen molar-refractivity contribution < 1.29 is 5.11 Å². The molecule has 0 aliphatic heterocycles. The largest absolute Gasteiger partial charge is 0.508 e. The fourth-order valence-electron chi connectivity index (χ4n) is 2.07. The highest BCUT2D eigenvalue weighted by Gasteiger charge is 2.15. The number of halogens is 2. The molecule has 1 unspecified atom stereocenters. The SMILES string of the molecule is CCC(Nc1ccc(Br)nc1C)c1cc(Br)ccc1O. The normalized spacial score (nSPS) is 12.2. The molecule has 0 saturated carbocycles. The van der Waals surface area contributed by atoms with Gasteiger partial charge < -0.3 is 10.4 Å². The molecule has 0 aliphatic carbocycles. The highest BCUT2D eigenvalue weighted by atomic mass is 79.9. The summed E-state index contributed by atoms with van der Waals surface area (Å²) >= 11 is 6.81. The van der Waals surface area contributed by atoms with Gasteiger partial charge in [-0.2, -0.15) is 0 Å².